The van der Waals surface area contributed by atoms with Gasteiger partial charge in [-0.3, -0.25) is 0 Å². The quantitative estimate of drug-likeness (QED) is 0.428. The van der Waals surface area contributed by atoms with Gasteiger partial charge in [0.1, 0.15) is 0 Å². The fourth-order valence-electron chi connectivity index (χ4n) is 4.83. The molecule has 0 bridgehead atoms. The van der Waals surface area contributed by atoms with Crippen molar-refractivity contribution in [2.24, 2.45) is 23.7 Å². The van der Waals surface area contributed by atoms with Crippen LogP contribution < -0.4 is 8.90 Å². The van der Waals surface area contributed by atoms with Crippen molar-refractivity contribution in [3.05, 3.63) is 28.8 Å². The summed E-state index contributed by atoms with van der Waals surface area (Å²) in [5, 5.41) is 13.0. The molecule has 3 atom stereocenters. The van der Waals surface area contributed by atoms with Crippen molar-refractivity contribution < 1.29 is 14.7 Å². The minimum absolute atomic E-state index is 0.0160. The maximum atomic E-state index is 13.0. The normalized spacial score (nSPS) is 22.6. The van der Waals surface area contributed by atoms with Gasteiger partial charge in [-0.1, -0.05) is 0 Å². The Hall–Kier alpha value is -0.881. The summed E-state index contributed by atoms with van der Waals surface area (Å²) in [7, 11) is 0. The van der Waals surface area contributed by atoms with E-state index in [-0.39, 0.29) is 24.2 Å². The van der Waals surface area contributed by atoms with Gasteiger partial charge in [-0.05, 0) is 0 Å². The van der Waals surface area contributed by atoms with E-state index in [2.05, 4.69) is 47.0 Å². The van der Waals surface area contributed by atoms with E-state index in [1.165, 1.54) is 6.42 Å². The Balaban J connectivity index is 2.25. The zero-order valence-corrected chi connectivity index (χ0v) is 22.1. The third-order valence-corrected chi connectivity index (χ3v) is 12.2. The number of ketones is 1. The molecule has 0 spiro atoms. The summed E-state index contributed by atoms with van der Waals surface area (Å²) in [6, 6.07) is 4.00. The van der Waals surface area contributed by atoms with E-state index in [1.54, 1.807) is 6.92 Å². The second-order valence-electron chi connectivity index (χ2n) is 10.3. The van der Waals surface area contributed by atoms with Crippen molar-refractivity contribution in [3.63, 3.8) is 0 Å². The zero-order chi connectivity index (χ0) is 21.9. The molecule has 0 aromatic heterocycles. The van der Waals surface area contributed by atoms with Crippen LogP contribution in [0.4, 0.5) is 0 Å². The molecule has 0 unspecified atom stereocenters. The molecule has 1 fully saturated rings. The van der Waals surface area contributed by atoms with Gasteiger partial charge in [0.2, 0.25) is 0 Å². The molecule has 1 aromatic rings. The van der Waals surface area contributed by atoms with Crippen molar-refractivity contribution in [1.29, 1.82) is 0 Å². The molecule has 0 radical (unpaired) electrons. The first-order chi connectivity index (χ1) is 13.5. The Bertz CT molecular complexity index is 751. The van der Waals surface area contributed by atoms with E-state index < -0.39 is 18.4 Å². The molecule has 1 aliphatic rings. The van der Waals surface area contributed by atoms with Gasteiger partial charge in [-0.2, -0.15) is 0 Å². The standard InChI is InChI=1S/C21H30NO3.3CH3.Sn/c1-13(2)18-7-5-14(3)9-20(18)21(25)22-11-16-6-8-19(15(4)24)17(10-16)12-23;;;;/h6,10,13-14,18,20,23H,5,7,9,11-12H2,1-4H3,(H,22,25);3*1H3;/t14-,18+,20-;;;;/m1..../s1. The van der Waals surface area contributed by atoms with Crippen LogP contribution in [0, 0.1) is 23.7 Å². The number of benzene rings is 1. The molecule has 2 rings (SSSR count). The van der Waals surface area contributed by atoms with E-state index >= 15 is 0 Å². The molecule has 1 aliphatic carbocycles. The Kier molecular flexibility index (Phi) is 8.37. The average Bonchev–Trinajstić information content (AvgIpc) is 2.63. The Morgan fingerprint density at radius 1 is 1.21 bits per heavy atom. The Morgan fingerprint density at radius 3 is 2.38 bits per heavy atom. The van der Waals surface area contributed by atoms with Gasteiger partial charge in [0.15, 0.2) is 0 Å². The zero-order valence-electron chi connectivity index (χ0n) is 19.3. The summed E-state index contributed by atoms with van der Waals surface area (Å²) in [6.07, 6.45) is 3.30. The Labute approximate surface area is 180 Å². The minimum atomic E-state index is -2.59. The third-order valence-electron chi connectivity index (χ3n) is 6.44. The number of rotatable bonds is 7. The monoisotopic (exact) mass is 509 g/mol. The van der Waals surface area contributed by atoms with E-state index in [0.717, 1.165) is 22.0 Å². The van der Waals surface area contributed by atoms with Crippen LogP contribution in [0.1, 0.15) is 68.4 Å². The molecule has 0 saturated heterocycles. The van der Waals surface area contributed by atoms with Crippen LogP contribution in [-0.4, -0.2) is 35.2 Å². The second-order valence-corrected chi connectivity index (χ2v) is 24.7. The summed E-state index contributed by atoms with van der Waals surface area (Å²) in [5.74, 6) is 1.79. The molecule has 1 saturated carbocycles. The van der Waals surface area contributed by atoms with Crippen molar-refractivity contribution in [3.8, 4) is 0 Å². The number of carbonyl (C=O) groups excluding carboxylic acids is 2. The van der Waals surface area contributed by atoms with Crippen LogP contribution >= 0.6 is 0 Å². The summed E-state index contributed by atoms with van der Waals surface area (Å²) in [4.78, 5) is 32.1. The van der Waals surface area contributed by atoms with Crippen molar-refractivity contribution in [1.82, 2.24) is 5.32 Å². The van der Waals surface area contributed by atoms with E-state index in [4.69, 9.17) is 0 Å². The first kappa shape index (κ1) is 24.4. The number of nitrogens with one attached hydrogen (secondary N) is 1. The molecule has 4 nitrogen and oxygen atoms in total. The fourth-order valence-corrected chi connectivity index (χ4v) is 9.69. The molecule has 1 aromatic carbocycles. The molecule has 5 heteroatoms. The van der Waals surface area contributed by atoms with Gasteiger partial charge in [0.25, 0.3) is 0 Å². The van der Waals surface area contributed by atoms with Crippen LogP contribution in [0.3, 0.4) is 0 Å². The third kappa shape index (κ3) is 6.06. The topological polar surface area (TPSA) is 66.4 Å². The van der Waals surface area contributed by atoms with E-state index in [1.807, 2.05) is 6.07 Å². The molecule has 29 heavy (non-hydrogen) atoms. The number of hydrogen-bond donors (Lipinski definition) is 2. The van der Waals surface area contributed by atoms with Crippen LogP contribution in [0.2, 0.25) is 14.8 Å². The molecule has 0 aliphatic heterocycles. The number of Topliss-reactive ketones (excluding diaryl/α,β-unsaturated/α-hetero) is 1. The number of hydrogen-bond acceptors (Lipinski definition) is 3. The number of carbonyl (C=O) groups is 2. The number of aliphatic hydroxyl groups is 1. The summed E-state index contributed by atoms with van der Waals surface area (Å²) >= 11 is -2.59. The predicted molar refractivity (Wildman–Crippen MR) is 122 cm³/mol. The van der Waals surface area contributed by atoms with E-state index in [0.29, 0.717) is 35.4 Å². The average molecular weight is 508 g/mol. The number of aliphatic hydroxyl groups excluding tert-OH is 1. The molecular formula is C24H39NO3Sn. The second kappa shape index (κ2) is 9.95. The summed E-state index contributed by atoms with van der Waals surface area (Å²) in [6.45, 7) is 8.56. The van der Waals surface area contributed by atoms with Gasteiger partial charge in [0.05, 0.1) is 0 Å². The molecule has 0 heterocycles. The number of amides is 1. The van der Waals surface area contributed by atoms with Crippen LogP contribution in [0.15, 0.2) is 12.1 Å². The molecule has 2 N–H and O–H groups in total. The maximum absolute atomic E-state index is 13.0. The van der Waals surface area contributed by atoms with Gasteiger partial charge in [0, 0.05) is 0 Å². The van der Waals surface area contributed by atoms with Gasteiger partial charge in [-0.25, -0.2) is 0 Å². The van der Waals surface area contributed by atoms with Gasteiger partial charge in [-0.15, -0.1) is 0 Å². The van der Waals surface area contributed by atoms with Gasteiger partial charge >= 0.3 is 181 Å². The van der Waals surface area contributed by atoms with Crippen LogP contribution in [0.5, 0.6) is 0 Å². The summed E-state index contributed by atoms with van der Waals surface area (Å²) < 4.78 is 1.13. The SMILES string of the molecule is CC(=O)c1c(CO)cc(CNC(=O)[C@@H]2C[C@H](C)CC[C@H]2C(C)C)c[c]1[Sn]([CH3])([CH3])[CH3]. The van der Waals surface area contributed by atoms with Crippen molar-refractivity contribution in [2.45, 2.75) is 74.9 Å². The first-order valence-corrected chi connectivity index (χ1v) is 21.0. The first-order valence-electron chi connectivity index (χ1n) is 11.0. The fraction of sp³-hybridized carbons (Fsp3) is 0.667. The van der Waals surface area contributed by atoms with Crippen LogP contribution in [-0.2, 0) is 17.9 Å². The predicted octanol–water partition coefficient (Wildman–Crippen LogP) is 4.25. The van der Waals surface area contributed by atoms with Gasteiger partial charge < -0.3 is 0 Å². The van der Waals surface area contributed by atoms with Crippen molar-refractivity contribution >= 4 is 33.6 Å². The molecular weight excluding hydrogens is 469 g/mol. The van der Waals surface area contributed by atoms with Crippen LogP contribution in [0.25, 0.3) is 0 Å². The Morgan fingerprint density at radius 2 is 1.86 bits per heavy atom. The van der Waals surface area contributed by atoms with Crippen molar-refractivity contribution in [2.75, 3.05) is 0 Å². The van der Waals surface area contributed by atoms with E-state index in [9.17, 15) is 14.7 Å². The summed E-state index contributed by atoms with van der Waals surface area (Å²) in [5.41, 5.74) is 2.38. The molecule has 1 amide bonds. The molecule has 162 valence electrons.